The van der Waals surface area contributed by atoms with Gasteiger partial charge >= 0.3 is 5.97 Å². The van der Waals surface area contributed by atoms with Gasteiger partial charge in [0.2, 0.25) is 0 Å². The molecular weight excluding hydrogens is 590 g/mol. The van der Waals surface area contributed by atoms with Crippen molar-refractivity contribution >= 4 is 29.1 Å². The standard InChI is InChI=1S/C31H29N3O9S/c1-6-41-30(37)27-17(4)32-31-33(28(27)18-7-11-24(42-16(2)3)25(13-18)40-5)29(36)26(44-31)15-20-9-12-23(43-20)21-14-19(34(38)39)8-10-22(21)35/h7-16,28,35H,6H2,1-5H3/b26-15-/t28-/m0/s1. The second-order valence-electron chi connectivity index (χ2n) is 10.0. The van der Waals surface area contributed by atoms with E-state index in [9.17, 15) is 24.8 Å². The monoisotopic (exact) mass is 619 g/mol. The number of methoxy groups -OCH3 is 1. The summed E-state index contributed by atoms with van der Waals surface area (Å²) in [7, 11) is 1.51. The molecule has 2 aromatic carbocycles. The third kappa shape index (κ3) is 5.73. The zero-order valence-electron chi connectivity index (χ0n) is 24.5. The third-order valence-corrected chi connectivity index (χ3v) is 7.72. The van der Waals surface area contributed by atoms with Crippen molar-refractivity contribution in [3.8, 4) is 28.6 Å². The number of hydrogen-bond acceptors (Lipinski definition) is 11. The molecule has 5 rings (SSSR count). The zero-order valence-corrected chi connectivity index (χ0v) is 25.3. The van der Waals surface area contributed by atoms with Crippen LogP contribution in [0.3, 0.4) is 0 Å². The van der Waals surface area contributed by atoms with Crippen molar-refractivity contribution in [3.63, 3.8) is 0 Å². The number of nitrogens with zero attached hydrogens (tertiary/aromatic N) is 3. The number of fused-ring (bicyclic) bond motifs is 1. The van der Waals surface area contributed by atoms with Gasteiger partial charge in [-0.05, 0) is 63.6 Å². The molecule has 1 atom stereocenters. The van der Waals surface area contributed by atoms with E-state index in [0.717, 1.165) is 11.3 Å². The minimum absolute atomic E-state index is 0.104. The summed E-state index contributed by atoms with van der Waals surface area (Å²) in [6.07, 6.45) is 1.41. The van der Waals surface area contributed by atoms with E-state index in [4.69, 9.17) is 18.6 Å². The van der Waals surface area contributed by atoms with Gasteiger partial charge in [0.25, 0.3) is 11.2 Å². The Balaban J connectivity index is 1.64. The van der Waals surface area contributed by atoms with E-state index >= 15 is 0 Å². The molecule has 0 radical (unpaired) electrons. The number of non-ortho nitro benzene ring substituents is 1. The Hall–Kier alpha value is -5.17. The number of nitro benzene ring substituents is 1. The van der Waals surface area contributed by atoms with E-state index in [1.54, 1.807) is 44.2 Å². The van der Waals surface area contributed by atoms with Crippen LogP contribution in [0.1, 0.15) is 45.1 Å². The van der Waals surface area contributed by atoms with Crippen LogP contribution in [0, 0.1) is 10.1 Å². The fraction of sp³-hybridized carbons (Fsp3) is 0.258. The average Bonchev–Trinajstić information content (AvgIpc) is 3.56. The highest BCUT2D eigenvalue weighted by molar-refractivity contribution is 7.07. The van der Waals surface area contributed by atoms with Gasteiger partial charge in [-0.1, -0.05) is 17.4 Å². The topological polar surface area (TPSA) is 156 Å². The van der Waals surface area contributed by atoms with Crippen LogP contribution in [0.25, 0.3) is 17.4 Å². The number of benzene rings is 2. The second-order valence-corrected chi connectivity index (χ2v) is 11.0. The molecule has 13 heteroatoms. The third-order valence-electron chi connectivity index (χ3n) is 6.74. The summed E-state index contributed by atoms with van der Waals surface area (Å²) in [6, 6.07) is 11.1. The van der Waals surface area contributed by atoms with E-state index in [-0.39, 0.29) is 51.3 Å². The number of ether oxygens (including phenoxy) is 3. The predicted octanol–water partition coefficient (Wildman–Crippen LogP) is 4.47. The maximum absolute atomic E-state index is 13.9. The molecule has 228 valence electrons. The molecule has 0 saturated heterocycles. The number of carbonyl (C=O) groups excluding carboxylic acids is 1. The highest BCUT2D eigenvalue weighted by atomic mass is 32.1. The van der Waals surface area contributed by atoms with E-state index < -0.39 is 22.5 Å². The molecule has 2 aromatic heterocycles. The summed E-state index contributed by atoms with van der Waals surface area (Å²) in [4.78, 5) is 42.8. The van der Waals surface area contributed by atoms with Gasteiger partial charge in [0.1, 0.15) is 17.3 Å². The first-order chi connectivity index (χ1) is 21.0. The quantitative estimate of drug-likeness (QED) is 0.162. The van der Waals surface area contributed by atoms with Gasteiger partial charge in [0.15, 0.2) is 16.3 Å². The highest BCUT2D eigenvalue weighted by Gasteiger charge is 2.34. The number of thiazole rings is 1. The molecule has 0 unspecified atom stereocenters. The first-order valence-electron chi connectivity index (χ1n) is 13.6. The minimum Gasteiger partial charge on any atom is -0.507 e. The lowest BCUT2D eigenvalue weighted by Gasteiger charge is -2.25. The average molecular weight is 620 g/mol. The van der Waals surface area contributed by atoms with Gasteiger partial charge < -0.3 is 23.7 Å². The molecule has 3 heterocycles. The van der Waals surface area contributed by atoms with Crippen LogP contribution < -0.4 is 24.4 Å². The summed E-state index contributed by atoms with van der Waals surface area (Å²) in [5, 5.41) is 21.5. The maximum Gasteiger partial charge on any atom is 0.338 e. The molecular formula is C31H29N3O9S. The number of rotatable bonds is 9. The lowest BCUT2D eigenvalue weighted by Crippen LogP contribution is -2.40. The van der Waals surface area contributed by atoms with Crippen molar-refractivity contribution in [2.24, 2.45) is 4.99 Å². The number of hydrogen-bond donors (Lipinski definition) is 1. The van der Waals surface area contributed by atoms with Crippen LogP contribution in [-0.4, -0.2) is 40.4 Å². The molecule has 1 N–H and O–H groups in total. The number of aromatic nitrogens is 1. The summed E-state index contributed by atoms with van der Waals surface area (Å²) in [5.74, 6) is 0.606. The Labute approximate surface area is 254 Å². The Morgan fingerprint density at radius 2 is 1.98 bits per heavy atom. The van der Waals surface area contributed by atoms with Crippen LogP contribution >= 0.6 is 11.3 Å². The summed E-state index contributed by atoms with van der Waals surface area (Å²) < 4.78 is 24.3. The Morgan fingerprint density at radius 1 is 1.20 bits per heavy atom. The van der Waals surface area contributed by atoms with E-state index in [2.05, 4.69) is 4.99 Å². The van der Waals surface area contributed by atoms with E-state index in [1.807, 2.05) is 13.8 Å². The lowest BCUT2D eigenvalue weighted by molar-refractivity contribution is -0.384. The zero-order chi connectivity index (χ0) is 31.7. The fourth-order valence-electron chi connectivity index (χ4n) is 4.85. The molecule has 0 bridgehead atoms. The van der Waals surface area contributed by atoms with Crippen molar-refractivity contribution in [1.82, 2.24) is 4.57 Å². The number of nitro groups is 1. The number of aromatic hydroxyl groups is 1. The van der Waals surface area contributed by atoms with Gasteiger partial charge in [-0.2, -0.15) is 0 Å². The van der Waals surface area contributed by atoms with Crippen molar-refractivity contribution in [3.05, 3.63) is 101 Å². The summed E-state index contributed by atoms with van der Waals surface area (Å²) in [6.45, 7) is 7.31. The highest BCUT2D eigenvalue weighted by Crippen LogP contribution is 2.37. The summed E-state index contributed by atoms with van der Waals surface area (Å²) in [5.41, 5.74) is 0.706. The van der Waals surface area contributed by atoms with Crippen LogP contribution in [0.4, 0.5) is 5.69 Å². The minimum atomic E-state index is -0.872. The van der Waals surface area contributed by atoms with Gasteiger partial charge in [0.05, 0.1) is 52.2 Å². The van der Waals surface area contributed by atoms with E-state index in [0.29, 0.717) is 27.6 Å². The van der Waals surface area contributed by atoms with Gasteiger partial charge in [-0.25, -0.2) is 9.79 Å². The Bertz CT molecular complexity index is 1980. The molecule has 0 amide bonds. The van der Waals surface area contributed by atoms with Crippen LogP contribution in [0.15, 0.2) is 74.0 Å². The molecule has 0 saturated carbocycles. The number of allylic oxidation sites excluding steroid dienone is 1. The molecule has 4 aromatic rings. The van der Waals surface area contributed by atoms with Gasteiger partial charge in [-0.15, -0.1) is 0 Å². The molecule has 0 aliphatic carbocycles. The van der Waals surface area contributed by atoms with Crippen molar-refractivity contribution in [1.29, 1.82) is 0 Å². The first kappa shape index (κ1) is 30.3. The largest absolute Gasteiger partial charge is 0.507 e. The number of phenolic OH excluding ortho intramolecular Hbond substituents is 1. The molecule has 0 spiro atoms. The Morgan fingerprint density at radius 3 is 2.66 bits per heavy atom. The van der Waals surface area contributed by atoms with Crippen LogP contribution in [-0.2, 0) is 9.53 Å². The van der Waals surface area contributed by atoms with Crippen molar-refractivity contribution in [2.75, 3.05) is 13.7 Å². The summed E-state index contributed by atoms with van der Waals surface area (Å²) >= 11 is 1.11. The van der Waals surface area contributed by atoms with Gasteiger partial charge in [0, 0.05) is 18.2 Å². The second kappa shape index (κ2) is 12.2. The Kier molecular flexibility index (Phi) is 8.41. The molecule has 44 heavy (non-hydrogen) atoms. The molecule has 0 fully saturated rings. The number of phenols is 1. The maximum atomic E-state index is 13.9. The van der Waals surface area contributed by atoms with Crippen LogP contribution in [0.5, 0.6) is 17.2 Å². The SMILES string of the molecule is CCOC(=O)C1=C(C)N=c2s/c(=C\c3ccc(-c4cc([N+](=O)[O-])ccc4O)o3)c(=O)n2[C@H]1c1ccc(OC(C)C)c(OC)c1. The number of esters is 1. The fourth-order valence-corrected chi connectivity index (χ4v) is 5.88. The smallest absolute Gasteiger partial charge is 0.338 e. The molecule has 1 aliphatic rings. The van der Waals surface area contributed by atoms with Gasteiger partial charge in [-0.3, -0.25) is 19.5 Å². The normalized spacial score (nSPS) is 14.8. The van der Waals surface area contributed by atoms with Crippen molar-refractivity contribution < 1.29 is 33.5 Å². The number of carbonyl (C=O) groups is 1. The number of furan rings is 1. The van der Waals surface area contributed by atoms with E-state index in [1.165, 1.54) is 36.0 Å². The first-order valence-corrected chi connectivity index (χ1v) is 14.5. The predicted molar refractivity (Wildman–Crippen MR) is 162 cm³/mol. The molecule has 1 aliphatic heterocycles. The van der Waals surface area contributed by atoms with Crippen LogP contribution in [0.2, 0.25) is 0 Å². The lowest BCUT2D eigenvalue weighted by atomic mass is 9.95. The molecule has 12 nitrogen and oxygen atoms in total. The van der Waals surface area contributed by atoms with Crippen molar-refractivity contribution in [2.45, 2.75) is 39.8 Å².